The maximum Gasteiger partial charge on any atom is 0.0755 e. The average Bonchev–Trinajstić information content (AvgIpc) is 3.92. The zero-order chi connectivity index (χ0) is 38.0. The van der Waals surface area contributed by atoms with E-state index in [4.69, 9.17) is 0 Å². The van der Waals surface area contributed by atoms with Gasteiger partial charge >= 0.3 is 0 Å². The largest absolute Gasteiger partial charge is 0.310 e. The van der Waals surface area contributed by atoms with Crippen LogP contribution in [0.4, 0.5) is 17.1 Å². The van der Waals surface area contributed by atoms with Gasteiger partial charge in [-0.2, -0.15) is 0 Å². The molecule has 1 spiro atoms. The maximum absolute atomic E-state index is 2.50. The molecule has 9 aromatic carbocycles. The Morgan fingerprint density at radius 1 is 0.276 bits per heavy atom. The lowest BCUT2D eigenvalue weighted by Gasteiger charge is -2.45. The molecule has 0 fully saturated rings. The lowest BCUT2D eigenvalue weighted by molar-refractivity contribution is 0.750. The number of hydrogen-bond donors (Lipinski definition) is 0. The van der Waals surface area contributed by atoms with Crippen LogP contribution in [-0.2, 0) is 5.41 Å². The number of hydrogen-bond acceptors (Lipinski definition) is 1. The highest BCUT2D eigenvalue weighted by Crippen LogP contribution is 2.64. The molecule has 58 heavy (non-hydrogen) atoms. The van der Waals surface area contributed by atoms with Crippen LogP contribution >= 0.6 is 0 Å². The van der Waals surface area contributed by atoms with Gasteiger partial charge in [-0.3, -0.25) is 0 Å². The van der Waals surface area contributed by atoms with Gasteiger partial charge in [0.1, 0.15) is 0 Å². The van der Waals surface area contributed by atoms with Crippen molar-refractivity contribution >= 4 is 60.7 Å². The number of anilines is 3. The van der Waals surface area contributed by atoms with Crippen LogP contribution in [0.5, 0.6) is 0 Å². The molecule has 13 rings (SSSR count). The van der Waals surface area contributed by atoms with Crippen molar-refractivity contribution in [2.75, 3.05) is 4.90 Å². The molecule has 3 nitrogen and oxygen atoms in total. The highest BCUT2D eigenvalue weighted by atomic mass is 15.2. The van der Waals surface area contributed by atoms with Crippen LogP contribution in [0, 0.1) is 0 Å². The van der Waals surface area contributed by atoms with Gasteiger partial charge in [0.15, 0.2) is 0 Å². The Morgan fingerprint density at radius 3 is 1.07 bits per heavy atom. The first-order chi connectivity index (χ1) is 28.8. The zero-order valence-electron chi connectivity index (χ0n) is 31.5. The van der Waals surface area contributed by atoms with E-state index in [1.807, 2.05) is 0 Å². The third-order valence-electron chi connectivity index (χ3n) is 12.9. The smallest absolute Gasteiger partial charge is 0.0755 e. The number of aromatic nitrogens is 2. The van der Waals surface area contributed by atoms with Crippen LogP contribution in [0.2, 0.25) is 0 Å². The summed E-state index contributed by atoms with van der Waals surface area (Å²) in [5.74, 6) is 0. The first-order valence-corrected chi connectivity index (χ1v) is 20.1. The van der Waals surface area contributed by atoms with E-state index >= 15 is 0 Å². The Morgan fingerprint density at radius 2 is 0.638 bits per heavy atom. The fourth-order valence-electron chi connectivity index (χ4n) is 10.7. The van der Waals surface area contributed by atoms with Gasteiger partial charge in [-0.1, -0.05) is 140 Å². The van der Waals surface area contributed by atoms with E-state index in [0.29, 0.717) is 0 Å². The van der Waals surface area contributed by atoms with E-state index in [-0.39, 0.29) is 0 Å². The van der Waals surface area contributed by atoms with Crippen LogP contribution < -0.4 is 4.90 Å². The molecular weight excluding hydrogens is 703 g/mol. The second-order valence-corrected chi connectivity index (χ2v) is 15.7. The number of nitrogens with zero attached hydrogens (tertiary/aromatic N) is 3. The van der Waals surface area contributed by atoms with Gasteiger partial charge in [-0.05, 0) is 106 Å². The summed E-state index contributed by atoms with van der Waals surface area (Å²) in [5, 5.41) is 5.03. The molecule has 0 radical (unpaired) electrons. The minimum Gasteiger partial charge on any atom is -0.310 e. The van der Waals surface area contributed by atoms with E-state index in [0.717, 1.165) is 17.1 Å². The molecule has 0 N–H and O–H groups in total. The number of benzene rings is 9. The zero-order valence-corrected chi connectivity index (χ0v) is 31.5. The monoisotopic (exact) mass is 737 g/mol. The van der Waals surface area contributed by atoms with E-state index in [1.165, 1.54) is 88.4 Å². The van der Waals surface area contributed by atoms with Crippen molar-refractivity contribution in [3.05, 3.63) is 235 Å². The van der Waals surface area contributed by atoms with Crippen LogP contribution in [0.25, 0.3) is 66.1 Å². The van der Waals surface area contributed by atoms with Crippen LogP contribution in [0.1, 0.15) is 22.3 Å². The van der Waals surface area contributed by atoms with Crippen molar-refractivity contribution in [1.29, 1.82) is 0 Å². The predicted molar refractivity (Wildman–Crippen MR) is 241 cm³/mol. The molecule has 1 aliphatic carbocycles. The minimum absolute atomic E-state index is 0.618. The summed E-state index contributed by atoms with van der Waals surface area (Å²) in [5.41, 5.74) is 17.7. The van der Waals surface area contributed by atoms with Crippen molar-refractivity contribution in [1.82, 2.24) is 9.13 Å². The molecule has 0 unspecified atom stereocenters. The molecule has 0 atom stereocenters. The summed E-state index contributed by atoms with van der Waals surface area (Å²) in [6.45, 7) is 0. The van der Waals surface area contributed by atoms with Gasteiger partial charge in [0, 0.05) is 38.6 Å². The van der Waals surface area contributed by atoms with Gasteiger partial charge in [-0.15, -0.1) is 0 Å². The van der Waals surface area contributed by atoms with Crippen molar-refractivity contribution in [2.45, 2.75) is 5.41 Å². The molecule has 3 heterocycles. The highest BCUT2D eigenvalue weighted by Gasteiger charge is 2.52. The quantitative estimate of drug-likeness (QED) is 0.176. The van der Waals surface area contributed by atoms with Crippen molar-refractivity contribution in [3.63, 3.8) is 0 Å². The molecule has 270 valence electrons. The molecule has 2 aliphatic rings. The normalized spacial score (nSPS) is 13.6. The first kappa shape index (κ1) is 31.6. The Hall–Kier alpha value is -7.62. The summed E-state index contributed by atoms with van der Waals surface area (Å²) in [6.07, 6.45) is 0. The minimum atomic E-state index is -0.618. The number of fused-ring (bicyclic) bond motifs is 15. The van der Waals surface area contributed by atoms with E-state index in [2.05, 4.69) is 226 Å². The fourth-order valence-corrected chi connectivity index (χ4v) is 10.7. The molecule has 1 aliphatic heterocycles. The Kier molecular flexibility index (Phi) is 6.37. The molecule has 0 saturated heterocycles. The summed E-state index contributed by atoms with van der Waals surface area (Å²) in [4.78, 5) is 2.49. The third kappa shape index (κ3) is 4.02. The number of para-hydroxylation sites is 5. The van der Waals surface area contributed by atoms with Gasteiger partial charge in [-0.25, -0.2) is 0 Å². The second kappa shape index (κ2) is 11.7. The predicted octanol–water partition coefficient (Wildman–Crippen LogP) is 14.0. The van der Waals surface area contributed by atoms with Gasteiger partial charge in [0.25, 0.3) is 0 Å². The average molecular weight is 738 g/mol. The van der Waals surface area contributed by atoms with Crippen LogP contribution in [0.3, 0.4) is 0 Å². The Balaban J connectivity index is 1.19. The third-order valence-corrected chi connectivity index (χ3v) is 12.9. The summed E-state index contributed by atoms with van der Waals surface area (Å²) in [7, 11) is 0. The molecule has 3 heteroatoms. The highest BCUT2D eigenvalue weighted by molar-refractivity contribution is 6.10. The summed E-state index contributed by atoms with van der Waals surface area (Å²) >= 11 is 0. The van der Waals surface area contributed by atoms with Crippen LogP contribution in [-0.4, -0.2) is 9.13 Å². The second-order valence-electron chi connectivity index (χ2n) is 15.7. The summed E-state index contributed by atoms with van der Waals surface area (Å²) < 4.78 is 4.92. The molecule has 0 amide bonds. The molecule has 0 bridgehead atoms. The standard InChI is InChI=1S/C55H35N3/c1-2-16-36(17-3-1)56-53-32-30-37(57-49-26-12-6-20-41(49)42-21-7-13-27-50(42)57)34-47(53)55(45-24-10-4-18-39(45)40-19-5-11-25-46(40)55)48-35-38(31-33-54(48)56)58-51-28-14-8-22-43(51)44-23-9-15-29-52(44)58/h1-35H. The molecular formula is C55H35N3. The number of rotatable bonds is 3. The van der Waals surface area contributed by atoms with E-state index in [1.54, 1.807) is 0 Å². The first-order valence-electron chi connectivity index (χ1n) is 20.1. The lowest BCUT2D eigenvalue weighted by Crippen LogP contribution is -2.36. The Bertz CT molecular complexity index is 3160. The molecule has 11 aromatic rings. The maximum atomic E-state index is 2.50. The Labute approximate surface area is 335 Å². The fraction of sp³-hybridized carbons (Fsp3) is 0.0182. The molecule has 2 aromatic heterocycles. The molecule has 0 saturated carbocycles. The van der Waals surface area contributed by atoms with Crippen molar-refractivity contribution < 1.29 is 0 Å². The summed E-state index contributed by atoms with van der Waals surface area (Å²) in [6, 6.07) is 78.8. The van der Waals surface area contributed by atoms with Gasteiger partial charge < -0.3 is 14.0 Å². The van der Waals surface area contributed by atoms with E-state index in [9.17, 15) is 0 Å². The van der Waals surface area contributed by atoms with Gasteiger partial charge in [0.2, 0.25) is 0 Å². The van der Waals surface area contributed by atoms with Crippen molar-refractivity contribution in [3.8, 4) is 22.5 Å². The van der Waals surface area contributed by atoms with Crippen LogP contribution in [0.15, 0.2) is 212 Å². The van der Waals surface area contributed by atoms with E-state index < -0.39 is 5.41 Å². The SMILES string of the molecule is c1ccc(N2c3ccc(-n4c5ccccc5c5ccccc54)cc3C3(c4ccccc4-c4ccccc43)c3cc(-n4c5ccccc5c5ccccc54)ccc32)cc1. The lowest BCUT2D eigenvalue weighted by atomic mass is 9.64. The van der Waals surface area contributed by atoms with Gasteiger partial charge in [0.05, 0.1) is 38.9 Å². The van der Waals surface area contributed by atoms with Crippen molar-refractivity contribution in [2.24, 2.45) is 0 Å². The topological polar surface area (TPSA) is 13.1 Å².